The zero-order valence-electron chi connectivity index (χ0n) is 8.61. The molecule has 0 aromatic heterocycles. The van der Waals surface area contributed by atoms with Crippen LogP contribution in [0.1, 0.15) is 5.56 Å². The van der Waals surface area contributed by atoms with Crippen molar-refractivity contribution in [3.63, 3.8) is 0 Å². The second-order valence-corrected chi connectivity index (χ2v) is 6.06. The number of hydrogen-bond acceptors (Lipinski definition) is 5. The Labute approximate surface area is 99.0 Å². The van der Waals surface area contributed by atoms with Gasteiger partial charge in [0.25, 0.3) is 0 Å². The third-order valence-corrected chi connectivity index (χ3v) is 3.78. The van der Waals surface area contributed by atoms with Crippen molar-refractivity contribution in [1.29, 1.82) is 0 Å². The lowest BCUT2D eigenvalue weighted by molar-refractivity contribution is -0.129. The fourth-order valence-corrected chi connectivity index (χ4v) is 2.25. The van der Waals surface area contributed by atoms with Crippen LogP contribution in [0.2, 0.25) is 0 Å². The number of carboxylic acids is 1. The maximum absolute atomic E-state index is 11.1. The minimum absolute atomic E-state index is 0.0114. The molecule has 17 heavy (non-hydrogen) atoms. The molecule has 1 aromatic rings. The number of aliphatic carboxylic acids is 1. The molecule has 0 saturated carbocycles. The maximum atomic E-state index is 11.1. The Morgan fingerprint density at radius 3 is 1.94 bits per heavy atom. The number of hydrogen-bond donors (Lipinski definition) is 1. The second-order valence-electron chi connectivity index (χ2n) is 3.17. The molecule has 0 bridgehead atoms. The van der Waals surface area contributed by atoms with E-state index in [2.05, 4.69) is 0 Å². The average Bonchev–Trinajstić information content (AvgIpc) is 2.15. The van der Waals surface area contributed by atoms with Crippen LogP contribution in [0.15, 0.2) is 29.2 Å². The predicted molar refractivity (Wildman–Crippen MR) is 60.2 cm³/mol. The van der Waals surface area contributed by atoms with E-state index >= 15 is 0 Å². The van der Waals surface area contributed by atoms with Crippen molar-refractivity contribution in [2.45, 2.75) is 4.90 Å². The van der Waals surface area contributed by atoms with Crippen LogP contribution < -0.4 is 0 Å². The Morgan fingerprint density at radius 2 is 1.65 bits per heavy atom. The lowest BCUT2D eigenvalue weighted by Gasteiger charge is -2.00. The smallest absolute Gasteiger partial charge is 0.352 e. The molecule has 1 N–H and O–H groups in total. The van der Waals surface area contributed by atoms with Crippen LogP contribution in [0.3, 0.4) is 0 Å². The van der Waals surface area contributed by atoms with Gasteiger partial charge in [0.2, 0.25) is 10.3 Å². The molecule has 8 heteroatoms. The van der Waals surface area contributed by atoms with Gasteiger partial charge in [-0.25, -0.2) is 13.2 Å². The molecule has 0 fully saturated rings. The average molecular weight is 276 g/mol. The van der Waals surface area contributed by atoms with E-state index in [-0.39, 0.29) is 10.5 Å². The van der Waals surface area contributed by atoms with Gasteiger partial charge in [-0.15, -0.1) is 0 Å². The first kappa shape index (κ1) is 13.4. The maximum Gasteiger partial charge on any atom is 0.352 e. The largest absolute Gasteiger partial charge is 0.477 e. The molecular formula is C9H8O6S2. The summed E-state index contributed by atoms with van der Waals surface area (Å²) in [7, 11) is -6.29. The number of carbonyl (C=O) groups is 1. The van der Waals surface area contributed by atoms with E-state index in [1.807, 2.05) is 0 Å². The Balaban J connectivity index is 3.39. The fourth-order valence-electron chi connectivity index (χ4n) is 1.14. The summed E-state index contributed by atoms with van der Waals surface area (Å²) in [5, 5.41) is 8.68. The molecule has 0 heterocycles. The van der Waals surface area contributed by atoms with Gasteiger partial charge >= 0.3 is 5.97 Å². The van der Waals surface area contributed by atoms with Gasteiger partial charge < -0.3 is 5.11 Å². The molecule has 0 atom stereocenters. The van der Waals surface area contributed by atoms with Crippen molar-refractivity contribution in [2.75, 3.05) is 6.26 Å². The van der Waals surface area contributed by atoms with Crippen LogP contribution in [0.5, 0.6) is 0 Å². The molecule has 0 spiro atoms. The summed E-state index contributed by atoms with van der Waals surface area (Å²) in [6.45, 7) is 0. The van der Waals surface area contributed by atoms with E-state index in [0.29, 0.717) is 0 Å². The van der Waals surface area contributed by atoms with Gasteiger partial charge in [0.15, 0.2) is 14.7 Å². The molecule has 0 radical (unpaired) electrons. The molecule has 1 rings (SSSR count). The molecule has 0 saturated heterocycles. The zero-order valence-corrected chi connectivity index (χ0v) is 10.2. The molecule has 0 amide bonds. The lowest BCUT2D eigenvalue weighted by atomic mass is 10.1. The lowest BCUT2D eigenvalue weighted by Crippen LogP contribution is -2.15. The summed E-state index contributed by atoms with van der Waals surface area (Å²) in [5.74, 6) is -1.59. The minimum atomic E-state index is -3.40. The molecule has 6 nitrogen and oxygen atoms in total. The zero-order chi connectivity index (χ0) is 13.2. The van der Waals surface area contributed by atoms with Gasteiger partial charge in [0.1, 0.15) is 0 Å². The van der Waals surface area contributed by atoms with Crippen LogP contribution >= 0.6 is 0 Å². The normalized spacial score (nSPS) is 10.9. The van der Waals surface area contributed by atoms with Crippen LogP contribution in [-0.4, -0.2) is 39.0 Å². The first-order valence-corrected chi connectivity index (χ1v) is 7.20. The molecular weight excluding hydrogens is 268 g/mol. The predicted octanol–water partition coefficient (Wildman–Crippen LogP) is -0.426. The summed E-state index contributed by atoms with van der Waals surface area (Å²) in [5.41, 5.74) is -0.0711. The van der Waals surface area contributed by atoms with Gasteiger partial charge in [-0.3, -0.25) is 0 Å². The third kappa shape index (κ3) is 3.14. The highest BCUT2D eigenvalue weighted by Gasteiger charge is 2.15. The Bertz CT molecular complexity index is 672. The molecule has 1 aromatic carbocycles. The standard InChI is InChI=1S/C9H8O6S2/c1-17(14,15)7-4-2-6(3-5-7)8(9(10)11)16(12)13/h2-5H,1H3,(H,10,11). The molecule has 0 aliphatic rings. The second kappa shape index (κ2) is 4.68. The van der Waals surface area contributed by atoms with Crippen LogP contribution in [-0.2, 0) is 24.9 Å². The first-order chi connectivity index (χ1) is 7.73. The monoisotopic (exact) mass is 276 g/mol. The van der Waals surface area contributed by atoms with Gasteiger partial charge in [-0.2, -0.15) is 8.42 Å². The Hall–Kier alpha value is -1.67. The van der Waals surface area contributed by atoms with Crippen molar-refractivity contribution in [3.8, 4) is 0 Å². The molecule has 0 aliphatic carbocycles. The van der Waals surface area contributed by atoms with Crippen LogP contribution in [0.4, 0.5) is 0 Å². The van der Waals surface area contributed by atoms with E-state index in [9.17, 15) is 21.6 Å². The van der Waals surface area contributed by atoms with E-state index in [4.69, 9.17) is 5.11 Å². The van der Waals surface area contributed by atoms with E-state index in [1.54, 1.807) is 0 Å². The van der Waals surface area contributed by atoms with Crippen LogP contribution in [0, 0.1) is 0 Å². The topological polar surface area (TPSA) is 106 Å². The van der Waals surface area contributed by atoms with Crippen LogP contribution in [0.25, 0.3) is 0 Å². The van der Waals surface area contributed by atoms with Crippen molar-refractivity contribution in [2.24, 2.45) is 0 Å². The van der Waals surface area contributed by atoms with Gasteiger partial charge in [0, 0.05) is 11.8 Å². The van der Waals surface area contributed by atoms with E-state index in [0.717, 1.165) is 30.5 Å². The van der Waals surface area contributed by atoms with E-state index < -0.39 is 31.0 Å². The first-order valence-electron chi connectivity index (χ1n) is 4.23. The SMILES string of the molecule is CS(=O)(=O)c1ccc(C(C(=O)O)=S(=O)=O)cc1. The Morgan fingerprint density at radius 1 is 1.18 bits per heavy atom. The van der Waals surface area contributed by atoms with Gasteiger partial charge in [-0.1, -0.05) is 12.1 Å². The number of rotatable bonds is 3. The summed E-state index contributed by atoms with van der Waals surface area (Å²) in [6.07, 6.45) is 0.996. The summed E-state index contributed by atoms with van der Waals surface area (Å²) >= 11 is 0. The summed E-state index contributed by atoms with van der Waals surface area (Å²) < 4.78 is 43.6. The molecule has 92 valence electrons. The highest BCUT2D eigenvalue weighted by atomic mass is 32.2. The van der Waals surface area contributed by atoms with Gasteiger partial charge in [0.05, 0.1) is 4.90 Å². The van der Waals surface area contributed by atoms with Crippen molar-refractivity contribution < 1.29 is 26.7 Å². The molecule has 0 aliphatic heterocycles. The minimum Gasteiger partial charge on any atom is -0.477 e. The van der Waals surface area contributed by atoms with Crippen molar-refractivity contribution in [1.82, 2.24) is 0 Å². The highest BCUT2D eigenvalue weighted by molar-refractivity contribution is 7.90. The highest BCUT2D eigenvalue weighted by Crippen LogP contribution is 2.10. The summed E-state index contributed by atoms with van der Waals surface area (Å²) in [4.78, 5) is 9.86. The van der Waals surface area contributed by atoms with E-state index in [1.165, 1.54) is 0 Å². The van der Waals surface area contributed by atoms with Crippen molar-refractivity contribution >= 4 is 31.0 Å². The number of carboxylic acid groups (broad SMARTS) is 1. The third-order valence-electron chi connectivity index (χ3n) is 1.91. The number of benzene rings is 1. The fraction of sp³-hybridized carbons (Fsp3) is 0.111. The summed E-state index contributed by atoms with van der Waals surface area (Å²) in [6, 6.07) is 4.58. The Kier molecular flexibility index (Phi) is 3.69. The van der Waals surface area contributed by atoms with Gasteiger partial charge in [-0.05, 0) is 12.1 Å². The van der Waals surface area contributed by atoms with Crippen molar-refractivity contribution in [3.05, 3.63) is 29.8 Å². The quantitative estimate of drug-likeness (QED) is 0.593. The number of sulfone groups is 1. The molecule has 0 unspecified atom stereocenters.